The van der Waals surface area contributed by atoms with Crippen molar-refractivity contribution in [1.82, 2.24) is 0 Å². The van der Waals surface area contributed by atoms with Crippen molar-refractivity contribution in [3.05, 3.63) is 35.9 Å². The summed E-state index contributed by atoms with van der Waals surface area (Å²) in [5.41, 5.74) is 1.27. The number of aliphatic carboxylic acids is 1. The van der Waals surface area contributed by atoms with Gasteiger partial charge in [-0.3, -0.25) is 4.79 Å². The highest BCUT2D eigenvalue weighted by Gasteiger charge is 2.64. The van der Waals surface area contributed by atoms with E-state index >= 15 is 0 Å². The first-order valence-corrected chi connectivity index (χ1v) is 7.75. The molecule has 4 atom stereocenters. The smallest absolute Gasteiger partial charge is 0.309 e. The van der Waals surface area contributed by atoms with Crippen LogP contribution in [-0.2, 0) is 10.2 Å². The van der Waals surface area contributed by atoms with Crippen LogP contribution in [0.15, 0.2) is 30.3 Å². The highest BCUT2D eigenvalue weighted by Crippen LogP contribution is 2.69. The Bertz CT molecular complexity index is 566. The van der Waals surface area contributed by atoms with E-state index < -0.39 is 11.4 Å². The van der Waals surface area contributed by atoms with Crippen molar-refractivity contribution in [2.24, 2.45) is 16.7 Å². The molecular weight excluding hydrogens is 248 g/mol. The minimum absolute atomic E-state index is 0.119. The van der Waals surface area contributed by atoms with Crippen LogP contribution in [0.2, 0.25) is 0 Å². The number of carboxylic acid groups (broad SMARTS) is 1. The van der Waals surface area contributed by atoms with Crippen LogP contribution < -0.4 is 0 Å². The molecule has 0 radical (unpaired) electrons. The van der Waals surface area contributed by atoms with E-state index in [9.17, 15) is 9.90 Å². The van der Waals surface area contributed by atoms with Crippen LogP contribution in [0.1, 0.15) is 51.0 Å². The fourth-order valence-corrected chi connectivity index (χ4v) is 6.27. The van der Waals surface area contributed by atoms with Gasteiger partial charge in [0.15, 0.2) is 0 Å². The third-order valence-corrected chi connectivity index (χ3v) is 6.19. The molecule has 0 aromatic heterocycles. The standard InChI is InChI=1S/C18H22O2/c1-16-7-13-8-17(10-16,14-5-3-2-4-6-14)12-18(9-13,11-16)15(19)20/h2-6,13H,7-12H2,1H3,(H,19,20)/t13-,16+,17+,18+/m0/s1. The maximum absolute atomic E-state index is 12.0. The van der Waals surface area contributed by atoms with Crippen LogP contribution in [0.25, 0.3) is 0 Å². The van der Waals surface area contributed by atoms with Crippen molar-refractivity contribution in [2.45, 2.75) is 50.9 Å². The van der Waals surface area contributed by atoms with Gasteiger partial charge in [0.1, 0.15) is 0 Å². The van der Waals surface area contributed by atoms with Crippen molar-refractivity contribution in [3.8, 4) is 0 Å². The van der Waals surface area contributed by atoms with Crippen LogP contribution >= 0.6 is 0 Å². The number of carboxylic acids is 1. The van der Waals surface area contributed by atoms with Gasteiger partial charge >= 0.3 is 5.97 Å². The largest absolute Gasteiger partial charge is 0.481 e. The molecule has 4 fully saturated rings. The summed E-state index contributed by atoms with van der Waals surface area (Å²) in [5.74, 6) is 0.0562. The molecule has 2 heteroatoms. The molecule has 5 rings (SSSR count). The van der Waals surface area contributed by atoms with Crippen molar-refractivity contribution < 1.29 is 9.90 Å². The first-order chi connectivity index (χ1) is 9.46. The van der Waals surface area contributed by atoms with Crippen LogP contribution in [0.3, 0.4) is 0 Å². The van der Waals surface area contributed by atoms with Crippen molar-refractivity contribution in [2.75, 3.05) is 0 Å². The minimum Gasteiger partial charge on any atom is -0.481 e. The Balaban J connectivity index is 1.85. The van der Waals surface area contributed by atoms with Gasteiger partial charge in [-0.2, -0.15) is 0 Å². The van der Waals surface area contributed by atoms with E-state index in [1.807, 2.05) is 0 Å². The Morgan fingerprint density at radius 2 is 1.85 bits per heavy atom. The van der Waals surface area contributed by atoms with Crippen molar-refractivity contribution in [1.29, 1.82) is 0 Å². The third-order valence-electron chi connectivity index (χ3n) is 6.19. The van der Waals surface area contributed by atoms with E-state index in [0.717, 1.165) is 19.3 Å². The van der Waals surface area contributed by atoms with E-state index in [1.165, 1.54) is 24.8 Å². The Morgan fingerprint density at radius 1 is 1.10 bits per heavy atom. The Labute approximate surface area is 120 Å². The number of hydrogen-bond acceptors (Lipinski definition) is 1. The lowest BCUT2D eigenvalue weighted by molar-refractivity contribution is -0.176. The van der Waals surface area contributed by atoms with Gasteiger partial charge in [0.05, 0.1) is 5.41 Å². The first-order valence-electron chi connectivity index (χ1n) is 7.75. The molecule has 1 N–H and O–H groups in total. The third kappa shape index (κ3) is 1.54. The summed E-state index contributed by atoms with van der Waals surface area (Å²) in [6.45, 7) is 2.33. The minimum atomic E-state index is -0.548. The van der Waals surface area contributed by atoms with E-state index in [2.05, 4.69) is 37.3 Å². The zero-order chi connectivity index (χ0) is 14.0. The summed E-state index contributed by atoms with van der Waals surface area (Å²) in [4.78, 5) is 12.0. The molecule has 106 valence electrons. The highest BCUT2D eigenvalue weighted by molar-refractivity contribution is 5.76. The number of benzene rings is 1. The quantitative estimate of drug-likeness (QED) is 0.882. The first kappa shape index (κ1) is 12.4. The van der Waals surface area contributed by atoms with Crippen molar-refractivity contribution in [3.63, 3.8) is 0 Å². The monoisotopic (exact) mass is 270 g/mol. The van der Waals surface area contributed by atoms with Crippen molar-refractivity contribution >= 4 is 5.97 Å². The van der Waals surface area contributed by atoms with Gasteiger partial charge in [-0.15, -0.1) is 0 Å². The lowest BCUT2D eigenvalue weighted by atomic mass is 9.39. The van der Waals surface area contributed by atoms with Crippen LogP contribution in [-0.4, -0.2) is 11.1 Å². The second-order valence-electron chi connectivity index (χ2n) is 8.05. The maximum Gasteiger partial charge on any atom is 0.309 e. The van der Waals surface area contributed by atoms with Gasteiger partial charge in [-0.25, -0.2) is 0 Å². The summed E-state index contributed by atoms with van der Waals surface area (Å²) in [6, 6.07) is 10.7. The lowest BCUT2D eigenvalue weighted by Gasteiger charge is -2.64. The van der Waals surface area contributed by atoms with E-state index in [-0.39, 0.29) is 10.8 Å². The summed E-state index contributed by atoms with van der Waals surface area (Å²) in [5, 5.41) is 9.85. The van der Waals surface area contributed by atoms with Gasteiger partial charge in [-0.05, 0) is 60.8 Å². The normalized spacial score (nSPS) is 45.5. The summed E-state index contributed by atoms with van der Waals surface area (Å²) < 4.78 is 0. The molecular formula is C18H22O2. The predicted octanol–water partition coefficient (Wildman–Crippen LogP) is 4.00. The second-order valence-corrected chi connectivity index (χ2v) is 8.05. The van der Waals surface area contributed by atoms with Crippen LogP contribution in [0, 0.1) is 16.7 Å². The summed E-state index contributed by atoms with van der Waals surface area (Å²) >= 11 is 0. The molecule has 20 heavy (non-hydrogen) atoms. The fourth-order valence-electron chi connectivity index (χ4n) is 6.27. The van der Waals surface area contributed by atoms with Gasteiger partial charge in [0.25, 0.3) is 0 Å². The average molecular weight is 270 g/mol. The fraction of sp³-hybridized carbons (Fsp3) is 0.611. The molecule has 4 bridgehead atoms. The van der Waals surface area contributed by atoms with Gasteiger partial charge in [0, 0.05) is 0 Å². The molecule has 0 heterocycles. The number of carbonyl (C=O) groups is 1. The zero-order valence-corrected chi connectivity index (χ0v) is 12.1. The van der Waals surface area contributed by atoms with E-state index in [1.54, 1.807) is 0 Å². The topological polar surface area (TPSA) is 37.3 Å². The average Bonchev–Trinajstić information content (AvgIpc) is 2.37. The predicted molar refractivity (Wildman–Crippen MR) is 77.5 cm³/mol. The second kappa shape index (κ2) is 3.66. The molecule has 0 unspecified atom stereocenters. The highest BCUT2D eigenvalue weighted by atomic mass is 16.4. The van der Waals surface area contributed by atoms with Gasteiger partial charge in [-0.1, -0.05) is 37.3 Å². The molecule has 0 saturated heterocycles. The van der Waals surface area contributed by atoms with Gasteiger partial charge < -0.3 is 5.11 Å². The van der Waals surface area contributed by atoms with E-state index in [4.69, 9.17) is 0 Å². The number of hydrogen-bond donors (Lipinski definition) is 1. The van der Waals surface area contributed by atoms with Crippen LogP contribution in [0.5, 0.6) is 0 Å². The summed E-state index contributed by atoms with van der Waals surface area (Å²) in [6.07, 6.45) is 6.26. The molecule has 4 aliphatic carbocycles. The molecule has 0 spiro atoms. The Hall–Kier alpha value is -1.31. The molecule has 1 aromatic carbocycles. The zero-order valence-electron chi connectivity index (χ0n) is 12.1. The molecule has 0 amide bonds. The molecule has 1 aromatic rings. The Morgan fingerprint density at radius 3 is 2.50 bits per heavy atom. The lowest BCUT2D eigenvalue weighted by Crippen LogP contribution is -2.60. The summed E-state index contributed by atoms with van der Waals surface area (Å²) in [7, 11) is 0. The van der Waals surface area contributed by atoms with Crippen LogP contribution in [0.4, 0.5) is 0 Å². The van der Waals surface area contributed by atoms with Gasteiger partial charge in [0.2, 0.25) is 0 Å². The maximum atomic E-state index is 12.0. The van der Waals surface area contributed by atoms with E-state index in [0.29, 0.717) is 5.92 Å². The molecule has 4 aliphatic rings. The SMILES string of the molecule is C[C@]12C[C@@H]3C[C@@](C(=O)O)(C1)C[C@@](c1ccccc1)(C3)C2. The Kier molecular flexibility index (Phi) is 2.28. The molecule has 4 saturated carbocycles. The molecule has 0 aliphatic heterocycles. The molecule has 2 nitrogen and oxygen atoms in total. The number of rotatable bonds is 2.